The summed E-state index contributed by atoms with van der Waals surface area (Å²) < 4.78 is 0. The molecular formula is C16H22ClN. The molecule has 1 atom stereocenters. The maximum Gasteiger partial charge on any atom is 0.0406 e. The van der Waals surface area contributed by atoms with E-state index >= 15 is 0 Å². The maximum absolute atomic E-state index is 6.00. The minimum atomic E-state index is 0.686. The van der Waals surface area contributed by atoms with E-state index in [1.54, 1.807) is 0 Å². The van der Waals surface area contributed by atoms with Crippen molar-refractivity contribution in [1.82, 2.24) is 5.32 Å². The van der Waals surface area contributed by atoms with Crippen LogP contribution in [-0.4, -0.2) is 12.6 Å². The van der Waals surface area contributed by atoms with E-state index in [0.29, 0.717) is 5.92 Å². The summed E-state index contributed by atoms with van der Waals surface area (Å²) in [6.07, 6.45) is 8.38. The zero-order chi connectivity index (χ0) is 12.4. The Hall–Kier alpha value is -0.530. The summed E-state index contributed by atoms with van der Waals surface area (Å²) in [7, 11) is 0. The number of nitrogens with one attached hydrogen (secondary N) is 1. The van der Waals surface area contributed by atoms with E-state index in [4.69, 9.17) is 11.6 Å². The quantitative estimate of drug-likeness (QED) is 0.832. The molecule has 2 saturated carbocycles. The van der Waals surface area contributed by atoms with Crippen LogP contribution in [-0.2, 0) is 0 Å². The third kappa shape index (κ3) is 3.07. The monoisotopic (exact) mass is 263 g/mol. The lowest BCUT2D eigenvalue weighted by molar-refractivity contribution is 0.410. The van der Waals surface area contributed by atoms with Crippen LogP contribution in [0.5, 0.6) is 0 Å². The highest BCUT2D eigenvalue weighted by Gasteiger charge is 2.28. The molecule has 0 aromatic heterocycles. The Balaban J connectivity index is 1.71. The predicted octanol–water partition coefficient (Wildman–Crippen LogP) is 4.37. The number of hydrogen-bond acceptors (Lipinski definition) is 1. The normalized spacial score (nSPS) is 22.3. The summed E-state index contributed by atoms with van der Waals surface area (Å²) in [6, 6.07) is 9.33. The van der Waals surface area contributed by atoms with E-state index in [-0.39, 0.29) is 0 Å². The smallest absolute Gasteiger partial charge is 0.0406 e. The third-order valence-corrected chi connectivity index (χ3v) is 4.72. The molecule has 0 bridgehead atoms. The molecule has 1 aromatic rings. The molecule has 1 unspecified atom stereocenters. The van der Waals surface area contributed by atoms with Crippen LogP contribution in [0.3, 0.4) is 0 Å². The highest BCUT2D eigenvalue weighted by molar-refractivity contribution is 6.30. The Labute approximate surface area is 115 Å². The van der Waals surface area contributed by atoms with Crippen molar-refractivity contribution in [2.45, 2.75) is 50.5 Å². The minimum absolute atomic E-state index is 0.686. The average molecular weight is 264 g/mol. The van der Waals surface area contributed by atoms with Gasteiger partial charge in [-0.25, -0.2) is 0 Å². The molecule has 98 valence electrons. The van der Waals surface area contributed by atoms with Crippen LogP contribution in [0.15, 0.2) is 24.3 Å². The van der Waals surface area contributed by atoms with Gasteiger partial charge in [-0.3, -0.25) is 0 Å². The van der Waals surface area contributed by atoms with E-state index < -0.39 is 0 Å². The molecule has 0 heterocycles. The van der Waals surface area contributed by atoms with Crippen molar-refractivity contribution in [2.75, 3.05) is 6.54 Å². The Morgan fingerprint density at radius 1 is 1.06 bits per heavy atom. The zero-order valence-corrected chi connectivity index (χ0v) is 11.6. The molecule has 0 amide bonds. The van der Waals surface area contributed by atoms with E-state index in [1.807, 2.05) is 12.1 Å². The second-order valence-electron chi connectivity index (χ2n) is 5.89. The Morgan fingerprint density at radius 3 is 2.33 bits per heavy atom. The molecule has 0 saturated heterocycles. The second-order valence-corrected chi connectivity index (χ2v) is 6.32. The molecule has 2 aliphatic carbocycles. The summed E-state index contributed by atoms with van der Waals surface area (Å²) in [5.41, 5.74) is 1.47. The van der Waals surface area contributed by atoms with Gasteiger partial charge in [0.1, 0.15) is 0 Å². The fourth-order valence-corrected chi connectivity index (χ4v) is 3.33. The van der Waals surface area contributed by atoms with Crippen LogP contribution in [0.2, 0.25) is 5.02 Å². The SMILES string of the molecule is Clc1ccc(C(CNC2CC2)C2CCCC2)cc1. The fraction of sp³-hybridized carbons (Fsp3) is 0.625. The Bertz CT molecular complexity index is 377. The second kappa shape index (κ2) is 5.63. The van der Waals surface area contributed by atoms with Gasteiger partial charge >= 0.3 is 0 Å². The minimum Gasteiger partial charge on any atom is -0.313 e. The molecule has 1 nitrogen and oxygen atoms in total. The molecule has 3 rings (SSSR count). The lowest BCUT2D eigenvalue weighted by atomic mass is 9.85. The predicted molar refractivity (Wildman–Crippen MR) is 77.2 cm³/mol. The molecule has 18 heavy (non-hydrogen) atoms. The van der Waals surface area contributed by atoms with Crippen molar-refractivity contribution in [2.24, 2.45) is 5.92 Å². The number of benzene rings is 1. The van der Waals surface area contributed by atoms with Crippen molar-refractivity contribution in [3.8, 4) is 0 Å². The highest BCUT2D eigenvalue weighted by atomic mass is 35.5. The first-order valence-electron chi connectivity index (χ1n) is 7.32. The van der Waals surface area contributed by atoms with Crippen molar-refractivity contribution in [1.29, 1.82) is 0 Å². The van der Waals surface area contributed by atoms with Crippen LogP contribution < -0.4 is 5.32 Å². The van der Waals surface area contributed by atoms with Gasteiger partial charge in [-0.1, -0.05) is 36.6 Å². The van der Waals surface area contributed by atoms with Gasteiger partial charge in [-0.15, -0.1) is 0 Å². The molecule has 1 aromatic carbocycles. The standard InChI is InChI=1S/C16H22ClN/c17-14-7-5-13(6-8-14)16(11-18-15-9-10-15)12-3-1-2-4-12/h5-8,12,15-16,18H,1-4,9-11H2. The van der Waals surface area contributed by atoms with Crippen molar-refractivity contribution in [3.05, 3.63) is 34.9 Å². The molecule has 2 aliphatic rings. The van der Waals surface area contributed by atoms with Gasteiger partial charge < -0.3 is 5.32 Å². The van der Waals surface area contributed by atoms with Crippen LogP contribution in [0.4, 0.5) is 0 Å². The largest absolute Gasteiger partial charge is 0.313 e. The topological polar surface area (TPSA) is 12.0 Å². The summed E-state index contributed by atoms with van der Waals surface area (Å²) in [4.78, 5) is 0. The van der Waals surface area contributed by atoms with E-state index in [0.717, 1.165) is 23.5 Å². The fourth-order valence-electron chi connectivity index (χ4n) is 3.21. The lowest BCUT2D eigenvalue weighted by Crippen LogP contribution is -2.27. The van der Waals surface area contributed by atoms with Crippen molar-refractivity contribution in [3.63, 3.8) is 0 Å². The van der Waals surface area contributed by atoms with Gasteiger partial charge in [-0.05, 0) is 55.2 Å². The van der Waals surface area contributed by atoms with Crippen LogP contribution in [0.1, 0.15) is 50.0 Å². The van der Waals surface area contributed by atoms with Gasteiger partial charge in [0.15, 0.2) is 0 Å². The summed E-state index contributed by atoms with van der Waals surface area (Å²) in [5, 5.41) is 4.56. The Kier molecular flexibility index (Phi) is 3.91. The number of rotatable bonds is 5. The van der Waals surface area contributed by atoms with Gasteiger partial charge in [0.25, 0.3) is 0 Å². The molecule has 2 heteroatoms. The van der Waals surface area contributed by atoms with Crippen molar-refractivity contribution < 1.29 is 0 Å². The third-order valence-electron chi connectivity index (χ3n) is 4.47. The first-order valence-corrected chi connectivity index (χ1v) is 7.69. The van der Waals surface area contributed by atoms with E-state index in [1.165, 1.54) is 44.1 Å². The Morgan fingerprint density at radius 2 is 1.72 bits per heavy atom. The first kappa shape index (κ1) is 12.5. The molecule has 0 spiro atoms. The van der Waals surface area contributed by atoms with Crippen LogP contribution >= 0.6 is 11.6 Å². The van der Waals surface area contributed by atoms with E-state index in [2.05, 4.69) is 17.4 Å². The maximum atomic E-state index is 6.00. The number of hydrogen-bond donors (Lipinski definition) is 1. The van der Waals surface area contributed by atoms with Gasteiger partial charge in [0, 0.05) is 17.6 Å². The summed E-state index contributed by atoms with van der Waals surface area (Å²) >= 11 is 6.00. The number of halogens is 1. The molecular weight excluding hydrogens is 242 g/mol. The lowest BCUT2D eigenvalue weighted by Gasteiger charge is -2.24. The van der Waals surface area contributed by atoms with Gasteiger partial charge in [0.05, 0.1) is 0 Å². The van der Waals surface area contributed by atoms with E-state index in [9.17, 15) is 0 Å². The van der Waals surface area contributed by atoms with Crippen LogP contribution in [0, 0.1) is 5.92 Å². The highest BCUT2D eigenvalue weighted by Crippen LogP contribution is 2.37. The summed E-state index contributed by atoms with van der Waals surface area (Å²) in [6.45, 7) is 1.15. The van der Waals surface area contributed by atoms with Crippen molar-refractivity contribution >= 4 is 11.6 Å². The zero-order valence-electron chi connectivity index (χ0n) is 10.9. The van der Waals surface area contributed by atoms with Gasteiger partial charge in [-0.2, -0.15) is 0 Å². The van der Waals surface area contributed by atoms with Crippen LogP contribution in [0.25, 0.3) is 0 Å². The molecule has 0 radical (unpaired) electrons. The molecule has 0 aliphatic heterocycles. The molecule has 1 N–H and O–H groups in total. The first-order chi connectivity index (χ1) is 8.83. The molecule has 2 fully saturated rings. The van der Waals surface area contributed by atoms with Gasteiger partial charge in [0.2, 0.25) is 0 Å². The average Bonchev–Trinajstić information content (AvgIpc) is 3.05. The summed E-state index contributed by atoms with van der Waals surface area (Å²) in [5.74, 6) is 1.56.